The fraction of sp³-hybridized carbons (Fsp3) is 0.357. The van der Waals surface area contributed by atoms with E-state index in [0.717, 1.165) is 0 Å². The van der Waals surface area contributed by atoms with Gasteiger partial charge in [0, 0.05) is 26.4 Å². The molecule has 1 N–H and O–H groups in total. The average Bonchev–Trinajstić information content (AvgIpc) is 2.50. The van der Waals surface area contributed by atoms with E-state index in [1.165, 1.54) is 0 Å². The SMILES string of the molecule is COCCN(CCO)c1ccc2ncccc2c1[N+](=O)[O-]. The van der Waals surface area contributed by atoms with Gasteiger partial charge in [0.25, 0.3) is 0 Å². The molecule has 1 heterocycles. The molecule has 1 aromatic carbocycles. The van der Waals surface area contributed by atoms with Crippen molar-refractivity contribution in [2.45, 2.75) is 0 Å². The number of nitro groups is 1. The zero-order chi connectivity index (χ0) is 15.2. The molecule has 0 aliphatic rings. The van der Waals surface area contributed by atoms with E-state index < -0.39 is 4.92 Å². The van der Waals surface area contributed by atoms with Crippen molar-refractivity contribution in [3.63, 3.8) is 0 Å². The molecular formula is C14H17N3O4. The van der Waals surface area contributed by atoms with Crippen LogP contribution in [0.15, 0.2) is 30.5 Å². The van der Waals surface area contributed by atoms with Crippen LogP contribution in [-0.4, -0.2) is 48.4 Å². The summed E-state index contributed by atoms with van der Waals surface area (Å²) in [7, 11) is 1.57. The summed E-state index contributed by atoms with van der Waals surface area (Å²) in [6, 6.07) is 6.76. The molecule has 2 aromatic rings. The predicted molar refractivity (Wildman–Crippen MR) is 79.6 cm³/mol. The third-order valence-corrected chi connectivity index (χ3v) is 3.19. The third kappa shape index (κ3) is 3.26. The second-order valence-electron chi connectivity index (χ2n) is 4.46. The number of aliphatic hydroxyl groups excluding tert-OH is 1. The number of anilines is 1. The number of nitrogens with zero attached hydrogens (tertiary/aromatic N) is 3. The number of rotatable bonds is 7. The number of nitro benzene ring substituents is 1. The first-order chi connectivity index (χ1) is 10.2. The Morgan fingerprint density at radius 3 is 2.86 bits per heavy atom. The van der Waals surface area contributed by atoms with Crippen LogP contribution in [0.3, 0.4) is 0 Å². The lowest BCUT2D eigenvalue weighted by Crippen LogP contribution is -2.30. The summed E-state index contributed by atoms with van der Waals surface area (Å²) in [5.41, 5.74) is 1.04. The summed E-state index contributed by atoms with van der Waals surface area (Å²) in [4.78, 5) is 16.9. The molecule has 112 valence electrons. The fourth-order valence-corrected chi connectivity index (χ4v) is 2.25. The van der Waals surface area contributed by atoms with Crippen molar-refractivity contribution in [1.82, 2.24) is 4.98 Å². The van der Waals surface area contributed by atoms with E-state index >= 15 is 0 Å². The minimum Gasteiger partial charge on any atom is -0.395 e. The fourth-order valence-electron chi connectivity index (χ4n) is 2.25. The minimum atomic E-state index is -0.406. The highest BCUT2D eigenvalue weighted by Gasteiger charge is 2.22. The molecule has 0 radical (unpaired) electrons. The Hall–Kier alpha value is -2.25. The molecule has 21 heavy (non-hydrogen) atoms. The normalized spacial score (nSPS) is 10.8. The van der Waals surface area contributed by atoms with Crippen LogP contribution in [0.1, 0.15) is 0 Å². The Morgan fingerprint density at radius 1 is 1.38 bits per heavy atom. The number of hydrogen-bond acceptors (Lipinski definition) is 6. The number of ether oxygens (including phenoxy) is 1. The van der Waals surface area contributed by atoms with E-state index in [9.17, 15) is 15.2 Å². The van der Waals surface area contributed by atoms with Crippen molar-refractivity contribution in [3.05, 3.63) is 40.6 Å². The van der Waals surface area contributed by atoms with E-state index in [1.54, 1.807) is 42.5 Å². The van der Waals surface area contributed by atoms with Crippen LogP contribution in [0.25, 0.3) is 10.9 Å². The largest absolute Gasteiger partial charge is 0.395 e. The lowest BCUT2D eigenvalue weighted by atomic mass is 10.1. The van der Waals surface area contributed by atoms with Crippen LogP contribution in [0.5, 0.6) is 0 Å². The Kier molecular flexibility index (Phi) is 5.02. The summed E-state index contributed by atoms with van der Waals surface area (Å²) >= 11 is 0. The molecule has 0 bridgehead atoms. The Bertz CT molecular complexity index is 633. The van der Waals surface area contributed by atoms with Crippen molar-refractivity contribution in [2.24, 2.45) is 0 Å². The maximum Gasteiger partial charge on any atom is 0.301 e. The first-order valence-corrected chi connectivity index (χ1v) is 6.56. The summed E-state index contributed by atoms with van der Waals surface area (Å²) in [5.74, 6) is 0. The number of benzene rings is 1. The molecule has 7 nitrogen and oxygen atoms in total. The standard InChI is InChI=1S/C14H17N3O4/c1-21-10-8-16(7-9-18)13-5-4-12-11(3-2-6-15-12)14(13)17(19)20/h2-6,18H,7-10H2,1H3. The highest BCUT2D eigenvalue weighted by Crippen LogP contribution is 2.34. The lowest BCUT2D eigenvalue weighted by Gasteiger charge is -2.23. The van der Waals surface area contributed by atoms with Gasteiger partial charge in [0.1, 0.15) is 5.69 Å². The Balaban J connectivity index is 2.55. The molecule has 0 aliphatic heterocycles. The minimum absolute atomic E-state index is 0.00477. The summed E-state index contributed by atoms with van der Waals surface area (Å²) in [6.45, 7) is 1.09. The number of hydrogen-bond donors (Lipinski definition) is 1. The number of aromatic nitrogens is 1. The monoisotopic (exact) mass is 291 g/mol. The van der Waals surface area contributed by atoms with Crippen LogP contribution < -0.4 is 4.90 Å². The molecule has 0 unspecified atom stereocenters. The summed E-state index contributed by atoms with van der Waals surface area (Å²) < 4.78 is 5.02. The molecule has 0 atom stereocenters. The molecule has 0 saturated carbocycles. The molecule has 0 amide bonds. The van der Waals surface area contributed by atoms with Gasteiger partial charge in [-0.3, -0.25) is 15.1 Å². The Morgan fingerprint density at radius 2 is 2.19 bits per heavy atom. The second kappa shape index (κ2) is 6.96. The maximum atomic E-state index is 11.5. The topological polar surface area (TPSA) is 88.7 Å². The zero-order valence-corrected chi connectivity index (χ0v) is 11.7. The molecule has 7 heteroatoms. The van der Waals surface area contributed by atoms with E-state index in [1.807, 2.05) is 0 Å². The van der Waals surface area contributed by atoms with Gasteiger partial charge in [0.15, 0.2) is 0 Å². The van der Waals surface area contributed by atoms with Gasteiger partial charge in [-0.1, -0.05) is 0 Å². The van der Waals surface area contributed by atoms with E-state index in [2.05, 4.69) is 4.98 Å². The van der Waals surface area contributed by atoms with Gasteiger partial charge in [-0.05, 0) is 24.3 Å². The van der Waals surface area contributed by atoms with Crippen molar-refractivity contribution in [3.8, 4) is 0 Å². The third-order valence-electron chi connectivity index (χ3n) is 3.19. The summed E-state index contributed by atoms with van der Waals surface area (Å²) in [6.07, 6.45) is 1.60. The lowest BCUT2D eigenvalue weighted by molar-refractivity contribution is -0.382. The first-order valence-electron chi connectivity index (χ1n) is 6.56. The van der Waals surface area contributed by atoms with Gasteiger partial charge < -0.3 is 14.7 Å². The zero-order valence-electron chi connectivity index (χ0n) is 11.7. The first kappa shape index (κ1) is 15.1. The van der Waals surface area contributed by atoms with Gasteiger partial charge in [0.05, 0.1) is 29.0 Å². The van der Waals surface area contributed by atoms with Crippen LogP contribution >= 0.6 is 0 Å². The van der Waals surface area contributed by atoms with Crippen LogP contribution in [0.2, 0.25) is 0 Å². The molecule has 0 aliphatic carbocycles. The molecule has 0 fully saturated rings. The van der Waals surface area contributed by atoms with Crippen LogP contribution in [-0.2, 0) is 4.74 Å². The molecule has 1 aromatic heterocycles. The average molecular weight is 291 g/mol. The van der Waals surface area contributed by atoms with Crippen molar-refractivity contribution in [2.75, 3.05) is 38.3 Å². The molecule has 0 spiro atoms. The van der Waals surface area contributed by atoms with Crippen molar-refractivity contribution in [1.29, 1.82) is 0 Å². The van der Waals surface area contributed by atoms with E-state index in [-0.39, 0.29) is 12.3 Å². The van der Waals surface area contributed by atoms with E-state index in [4.69, 9.17) is 4.74 Å². The number of methoxy groups -OCH3 is 1. The highest BCUT2D eigenvalue weighted by molar-refractivity contribution is 5.94. The van der Waals surface area contributed by atoms with Crippen LogP contribution in [0, 0.1) is 10.1 Å². The Labute approximate surface area is 121 Å². The van der Waals surface area contributed by atoms with E-state index in [0.29, 0.717) is 36.3 Å². The van der Waals surface area contributed by atoms with Gasteiger partial charge in [-0.15, -0.1) is 0 Å². The molecular weight excluding hydrogens is 274 g/mol. The maximum absolute atomic E-state index is 11.5. The smallest absolute Gasteiger partial charge is 0.301 e. The number of pyridine rings is 1. The van der Waals surface area contributed by atoms with Gasteiger partial charge in [-0.2, -0.15) is 0 Å². The number of fused-ring (bicyclic) bond motifs is 1. The molecule has 0 saturated heterocycles. The highest BCUT2D eigenvalue weighted by atomic mass is 16.6. The van der Waals surface area contributed by atoms with Crippen molar-refractivity contribution < 1.29 is 14.8 Å². The van der Waals surface area contributed by atoms with Crippen molar-refractivity contribution >= 4 is 22.3 Å². The van der Waals surface area contributed by atoms with Gasteiger partial charge in [-0.25, -0.2) is 0 Å². The quantitative estimate of drug-likeness (QED) is 0.615. The van der Waals surface area contributed by atoms with Gasteiger partial charge in [0.2, 0.25) is 0 Å². The van der Waals surface area contributed by atoms with Gasteiger partial charge >= 0.3 is 5.69 Å². The molecule has 2 rings (SSSR count). The van der Waals surface area contributed by atoms with Crippen LogP contribution in [0.4, 0.5) is 11.4 Å². The summed E-state index contributed by atoms with van der Waals surface area (Å²) in [5, 5.41) is 21.1. The number of aliphatic hydroxyl groups is 1. The second-order valence-corrected chi connectivity index (χ2v) is 4.46. The predicted octanol–water partition coefficient (Wildman–Crippen LogP) is 1.59.